The minimum absolute atomic E-state index is 0.0579. The fourth-order valence-corrected chi connectivity index (χ4v) is 1.49. The first-order valence-electron chi connectivity index (χ1n) is 5.41. The van der Waals surface area contributed by atoms with Gasteiger partial charge in [0.2, 0.25) is 0 Å². The van der Waals surface area contributed by atoms with Gasteiger partial charge in [-0.3, -0.25) is 4.98 Å². The normalized spacial score (nSPS) is 14.7. The van der Waals surface area contributed by atoms with Gasteiger partial charge in [0.1, 0.15) is 5.75 Å². The third-order valence-corrected chi connectivity index (χ3v) is 2.75. The number of methoxy groups -OCH3 is 1. The van der Waals surface area contributed by atoms with Crippen molar-refractivity contribution in [2.45, 2.75) is 32.7 Å². The van der Waals surface area contributed by atoms with Crippen LogP contribution in [0.15, 0.2) is 18.5 Å². The molecule has 1 rings (SSSR count). The second-order valence-electron chi connectivity index (χ2n) is 4.01. The molecule has 0 aliphatic heterocycles. The molecule has 0 bridgehead atoms. The zero-order valence-corrected chi connectivity index (χ0v) is 9.73. The van der Waals surface area contributed by atoms with Crippen LogP contribution in [0.3, 0.4) is 0 Å². The van der Waals surface area contributed by atoms with Gasteiger partial charge in [0, 0.05) is 12.2 Å². The summed E-state index contributed by atoms with van der Waals surface area (Å²) in [6.07, 6.45) is 5.66. The lowest BCUT2D eigenvalue weighted by atomic mass is 9.96. The van der Waals surface area contributed by atoms with E-state index in [0.717, 1.165) is 24.2 Å². The summed E-state index contributed by atoms with van der Waals surface area (Å²) in [5.41, 5.74) is 7.15. The van der Waals surface area contributed by atoms with Gasteiger partial charge >= 0.3 is 0 Å². The topological polar surface area (TPSA) is 48.1 Å². The van der Waals surface area contributed by atoms with E-state index in [4.69, 9.17) is 10.5 Å². The van der Waals surface area contributed by atoms with Gasteiger partial charge in [-0.25, -0.2) is 0 Å². The largest absolute Gasteiger partial charge is 0.495 e. The molecule has 0 saturated heterocycles. The molecular formula is C12H20N2O. The summed E-state index contributed by atoms with van der Waals surface area (Å²) in [6, 6.07) is 2.02. The van der Waals surface area contributed by atoms with Crippen molar-refractivity contribution in [2.75, 3.05) is 7.11 Å². The number of ether oxygens (including phenoxy) is 1. The van der Waals surface area contributed by atoms with Crippen LogP contribution in [0.4, 0.5) is 0 Å². The molecule has 0 spiro atoms. The minimum Gasteiger partial charge on any atom is -0.495 e. The Bertz CT molecular complexity index is 301. The number of rotatable bonds is 5. The first-order chi connectivity index (χ1) is 7.17. The fraction of sp³-hybridized carbons (Fsp3) is 0.583. The van der Waals surface area contributed by atoms with Crippen molar-refractivity contribution >= 4 is 0 Å². The van der Waals surface area contributed by atoms with Crippen LogP contribution in [0.2, 0.25) is 0 Å². The summed E-state index contributed by atoms with van der Waals surface area (Å²) in [6.45, 7) is 4.40. The van der Waals surface area contributed by atoms with Crippen LogP contribution in [0.5, 0.6) is 5.75 Å². The van der Waals surface area contributed by atoms with Crippen LogP contribution < -0.4 is 10.5 Å². The maximum atomic E-state index is 6.10. The van der Waals surface area contributed by atoms with E-state index in [9.17, 15) is 0 Å². The summed E-state index contributed by atoms with van der Waals surface area (Å²) < 4.78 is 5.12. The highest BCUT2D eigenvalue weighted by Crippen LogP contribution is 2.22. The van der Waals surface area contributed by atoms with Crippen molar-refractivity contribution in [1.82, 2.24) is 4.98 Å². The van der Waals surface area contributed by atoms with E-state index in [2.05, 4.69) is 18.8 Å². The molecule has 2 unspecified atom stereocenters. The Morgan fingerprint density at radius 1 is 1.47 bits per heavy atom. The van der Waals surface area contributed by atoms with Crippen molar-refractivity contribution in [3.05, 3.63) is 24.0 Å². The van der Waals surface area contributed by atoms with Crippen molar-refractivity contribution in [1.29, 1.82) is 0 Å². The van der Waals surface area contributed by atoms with Crippen molar-refractivity contribution in [2.24, 2.45) is 11.7 Å². The predicted octanol–water partition coefficient (Wildman–Crippen LogP) is 2.53. The number of hydrogen-bond donors (Lipinski definition) is 1. The Balaban J connectivity index is 2.68. The molecule has 1 aromatic heterocycles. The monoisotopic (exact) mass is 208 g/mol. The molecule has 0 aromatic carbocycles. The molecule has 84 valence electrons. The third kappa shape index (κ3) is 3.51. The summed E-state index contributed by atoms with van der Waals surface area (Å²) in [7, 11) is 1.64. The molecule has 2 N–H and O–H groups in total. The molecule has 0 amide bonds. The van der Waals surface area contributed by atoms with E-state index in [0.29, 0.717) is 5.92 Å². The zero-order valence-electron chi connectivity index (χ0n) is 9.73. The maximum Gasteiger partial charge on any atom is 0.137 e. The second kappa shape index (κ2) is 5.71. The number of aromatic nitrogens is 1. The number of pyridine rings is 1. The lowest BCUT2D eigenvalue weighted by Gasteiger charge is -2.16. The molecule has 3 nitrogen and oxygen atoms in total. The summed E-state index contributed by atoms with van der Waals surface area (Å²) in [5, 5.41) is 0. The van der Waals surface area contributed by atoms with E-state index in [1.54, 1.807) is 13.3 Å². The average Bonchev–Trinajstić information content (AvgIpc) is 2.28. The van der Waals surface area contributed by atoms with Gasteiger partial charge in [-0.05, 0) is 24.0 Å². The van der Waals surface area contributed by atoms with Crippen LogP contribution in [0.25, 0.3) is 0 Å². The van der Waals surface area contributed by atoms with Crippen LogP contribution in [0.1, 0.15) is 38.3 Å². The molecular weight excluding hydrogens is 188 g/mol. The van der Waals surface area contributed by atoms with E-state index < -0.39 is 0 Å². The lowest BCUT2D eigenvalue weighted by Crippen LogP contribution is -2.14. The molecule has 0 radical (unpaired) electrons. The lowest BCUT2D eigenvalue weighted by molar-refractivity contribution is 0.409. The van der Waals surface area contributed by atoms with Gasteiger partial charge in [0.25, 0.3) is 0 Å². The Kier molecular flexibility index (Phi) is 4.56. The highest BCUT2D eigenvalue weighted by molar-refractivity contribution is 5.25. The van der Waals surface area contributed by atoms with Crippen molar-refractivity contribution < 1.29 is 4.74 Å². The Morgan fingerprint density at radius 3 is 2.80 bits per heavy atom. The predicted molar refractivity (Wildman–Crippen MR) is 61.8 cm³/mol. The molecule has 2 atom stereocenters. The third-order valence-electron chi connectivity index (χ3n) is 2.75. The van der Waals surface area contributed by atoms with Gasteiger partial charge < -0.3 is 10.5 Å². The Morgan fingerprint density at radius 2 is 2.20 bits per heavy atom. The van der Waals surface area contributed by atoms with Gasteiger partial charge in [0.05, 0.1) is 13.3 Å². The van der Waals surface area contributed by atoms with Gasteiger partial charge in [0.15, 0.2) is 0 Å². The van der Waals surface area contributed by atoms with Gasteiger partial charge in [-0.1, -0.05) is 20.3 Å². The fourth-order valence-electron chi connectivity index (χ4n) is 1.49. The molecule has 1 aromatic rings. The van der Waals surface area contributed by atoms with Gasteiger partial charge in [-0.15, -0.1) is 0 Å². The van der Waals surface area contributed by atoms with Crippen molar-refractivity contribution in [3.8, 4) is 5.75 Å². The average molecular weight is 208 g/mol. The van der Waals surface area contributed by atoms with E-state index >= 15 is 0 Å². The summed E-state index contributed by atoms with van der Waals surface area (Å²) in [4.78, 5) is 4.10. The van der Waals surface area contributed by atoms with Crippen LogP contribution >= 0.6 is 0 Å². The summed E-state index contributed by atoms with van der Waals surface area (Å²) in [5.74, 6) is 1.42. The number of hydrogen-bond acceptors (Lipinski definition) is 3. The molecule has 1 heterocycles. The van der Waals surface area contributed by atoms with Crippen LogP contribution in [-0.4, -0.2) is 12.1 Å². The SMILES string of the molecule is CCC(C)CC(N)c1cncc(OC)c1. The number of nitrogens with two attached hydrogens (primary N) is 1. The quantitative estimate of drug-likeness (QED) is 0.808. The highest BCUT2D eigenvalue weighted by atomic mass is 16.5. The Hall–Kier alpha value is -1.09. The van der Waals surface area contributed by atoms with E-state index in [-0.39, 0.29) is 6.04 Å². The standard InChI is InChI=1S/C12H20N2O/c1-4-9(2)5-12(13)10-6-11(15-3)8-14-7-10/h6-9,12H,4-5,13H2,1-3H3. The zero-order chi connectivity index (χ0) is 11.3. The smallest absolute Gasteiger partial charge is 0.137 e. The van der Waals surface area contributed by atoms with Crippen molar-refractivity contribution in [3.63, 3.8) is 0 Å². The van der Waals surface area contributed by atoms with Crippen LogP contribution in [0, 0.1) is 5.92 Å². The molecule has 0 aliphatic rings. The Labute approximate surface area is 91.7 Å². The molecule has 0 fully saturated rings. The molecule has 0 aliphatic carbocycles. The highest BCUT2D eigenvalue weighted by Gasteiger charge is 2.10. The van der Waals surface area contributed by atoms with Gasteiger partial charge in [-0.2, -0.15) is 0 Å². The first kappa shape index (κ1) is 12.0. The molecule has 15 heavy (non-hydrogen) atoms. The van der Waals surface area contributed by atoms with E-state index in [1.165, 1.54) is 0 Å². The second-order valence-corrected chi connectivity index (χ2v) is 4.01. The van der Waals surface area contributed by atoms with Crippen LogP contribution in [-0.2, 0) is 0 Å². The number of nitrogens with zero attached hydrogens (tertiary/aromatic N) is 1. The minimum atomic E-state index is 0.0579. The molecule has 3 heteroatoms. The summed E-state index contributed by atoms with van der Waals surface area (Å²) >= 11 is 0. The maximum absolute atomic E-state index is 6.10. The molecule has 0 saturated carbocycles. The first-order valence-corrected chi connectivity index (χ1v) is 5.41. The van der Waals surface area contributed by atoms with E-state index in [1.807, 2.05) is 12.3 Å².